The van der Waals surface area contributed by atoms with Gasteiger partial charge in [0.2, 0.25) is 18.0 Å². The maximum atomic E-state index is 13.3. The topological polar surface area (TPSA) is 210 Å². The van der Waals surface area contributed by atoms with Crippen LogP contribution in [-0.4, -0.2) is 112 Å². The molecule has 0 unspecified atom stereocenters. The second-order valence-corrected chi connectivity index (χ2v) is 12.6. The lowest BCUT2D eigenvalue weighted by atomic mass is 9.71. The molecule has 3 fully saturated rings. The molecule has 3 aliphatic rings. The van der Waals surface area contributed by atoms with Crippen LogP contribution in [0.1, 0.15) is 26.0 Å². The van der Waals surface area contributed by atoms with Gasteiger partial charge in [-0.3, -0.25) is 19.6 Å². The maximum Gasteiger partial charge on any atom is 0.524 e. The van der Waals surface area contributed by atoms with Crippen molar-refractivity contribution < 1.29 is 52.8 Å². The average molecular weight is 627 g/mol. The van der Waals surface area contributed by atoms with Crippen molar-refractivity contribution in [3.8, 4) is 5.75 Å². The molecule has 1 aliphatic carbocycles. The first-order valence-electron chi connectivity index (χ1n) is 13.9. The minimum atomic E-state index is -4.78. The molecule has 7 N–H and O–H groups in total. The van der Waals surface area contributed by atoms with E-state index in [-0.39, 0.29) is 18.6 Å². The number of nitrogens with zero attached hydrogens (tertiary/aromatic N) is 1. The molecule has 238 valence electrons. The molecule has 0 bridgehead atoms. The molecular weight excluding hydrogens is 587 g/mol. The number of phosphoric ester groups is 1. The van der Waals surface area contributed by atoms with Gasteiger partial charge >= 0.3 is 7.82 Å². The Bertz CT molecular complexity index is 1400. The largest absolute Gasteiger partial charge is 0.524 e. The summed E-state index contributed by atoms with van der Waals surface area (Å²) in [4.78, 5) is 35.9. The first kappa shape index (κ1) is 32.1. The molecule has 16 heteroatoms. The van der Waals surface area contributed by atoms with Crippen molar-refractivity contribution in [3.05, 3.63) is 36.2 Å². The highest BCUT2D eigenvalue weighted by molar-refractivity contribution is 7.46. The van der Waals surface area contributed by atoms with Crippen molar-refractivity contribution in [1.29, 1.82) is 0 Å². The summed E-state index contributed by atoms with van der Waals surface area (Å²) < 4.78 is 40.7. The van der Waals surface area contributed by atoms with Crippen molar-refractivity contribution in [2.45, 2.75) is 86.9 Å². The number of nitrogens with one attached hydrogen (secondary N) is 3. The van der Waals surface area contributed by atoms with Crippen LogP contribution < -0.4 is 20.5 Å². The van der Waals surface area contributed by atoms with Gasteiger partial charge < -0.3 is 49.6 Å². The highest BCUT2D eigenvalue weighted by Crippen LogP contribution is 2.47. The number of carbonyl (C=O) groups is 1. The lowest BCUT2D eigenvalue weighted by molar-refractivity contribution is -0.470. The number of likely N-dealkylation sites (N-methyl/N-ethyl adjacent to an activating group) is 2. The summed E-state index contributed by atoms with van der Waals surface area (Å²) >= 11 is 0. The molecule has 43 heavy (non-hydrogen) atoms. The van der Waals surface area contributed by atoms with Crippen LogP contribution in [-0.2, 0) is 34.7 Å². The zero-order chi connectivity index (χ0) is 31.3. The number of benzene rings is 1. The van der Waals surface area contributed by atoms with E-state index in [9.17, 15) is 29.4 Å². The number of pyridine rings is 1. The summed E-state index contributed by atoms with van der Waals surface area (Å²) in [6.07, 6.45) is -2.82. The average Bonchev–Trinajstić information content (AvgIpc) is 2.92. The number of hydrogen-bond acceptors (Lipinski definition) is 12. The van der Waals surface area contributed by atoms with Gasteiger partial charge in [-0.2, -0.15) is 0 Å². The Morgan fingerprint density at radius 3 is 2.58 bits per heavy atom. The minimum Gasteiger partial charge on any atom is -0.404 e. The summed E-state index contributed by atoms with van der Waals surface area (Å²) in [5.74, 6) is -2.60. The van der Waals surface area contributed by atoms with Crippen molar-refractivity contribution in [2.75, 3.05) is 21.2 Å². The van der Waals surface area contributed by atoms with Gasteiger partial charge in [0, 0.05) is 18.7 Å². The third kappa shape index (κ3) is 5.92. The number of aliphatic hydroxyl groups is 2. The number of carbonyl (C=O) groups excluding carboxylic acids is 1. The number of methoxy groups -OCH3 is 1. The molecular formula is C27H39N4O11P. The summed E-state index contributed by atoms with van der Waals surface area (Å²) in [6, 6.07) is 4.15. The fourth-order valence-electron chi connectivity index (χ4n) is 6.58. The number of fused-ring (bicyclic) bond motifs is 3. The second kappa shape index (κ2) is 11.9. The first-order valence-corrected chi connectivity index (χ1v) is 15.5. The van der Waals surface area contributed by atoms with Gasteiger partial charge in [-0.1, -0.05) is 12.1 Å². The van der Waals surface area contributed by atoms with Gasteiger partial charge in [0.25, 0.3) is 0 Å². The van der Waals surface area contributed by atoms with Crippen LogP contribution in [0.2, 0.25) is 0 Å². The van der Waals surface area contributed by atoms with Gasteiger partial charge in [-0.25, -0.2) is 4.57 Å². The van der Waals surface area contributed by atoms with Crippen LogP contribution in [0.25, 0.3) is 10.8 Å². The predicted octanol–water partition coefficient (Wildman–Crippen LogP) is -0.703. The number of aliphatic hydroxyl groups excluding tert-OH is 1. The molecule has 2 aromatic rings. The summed E-state index contributed by atoms with van der Waals surface area (Å²) in [5.41, 5.74) is -0.781. The molecule has 5 rings (SSSR count). The molecule has 0 spiro atoms. The Morgan fingerprint density at radius 2 is 1.93 bits per heavy atom. The monoisotopic (exact) mass is 626 g/mol. The smallest absolute Gasteiger partial charge is 0.404 e. The van der Waals surface area contributed by atoms with E-state index >= 15 is 0 Å². The minimum absolute atomic E-state index is 0.0373. The number of aromatic nitrogens is 1. The summed E-state index contributed by atoms with van der Waals surface area (Å²) in [5, 5.41) is 33.0. The fourth-order valence-corrected chi connectivity index (χ4v) is 7.00. The molecule has 1 aromatic carbocycles. The van der Waals surface area contributed by atoms with Crippen LogP contribution in [0.5, 0.6) is 5.75 Å². The standard InChI is InChI=1S/C27H39N4O11P/c1-13-9-18(31-19(32)11-15-10-14-7-6-8-17(16(14)12-30-15)42-43(35,36)37)27(34)25(39-13)41-26(2)23(38-5)20(28-3)22(33)21(29-4)24(26)40-27/h6-8,10,12-13,18,20-25,28-29,33-34H,9,11H2,1-5H3,(H,31,32)(H2,35,36,37)/t13-,18-,20-,21+,22+,23+,24-,25+,26-,27+/m1/s1. The Morgan fingerprint density at radius 1 is 1.21 bits per heavy atom. The van der Waals surface area contributed by atoms with Crippen molar-refractivity contribution >= 4 is 24.5 Å². The van der Waals surface area contributed by atoms with E-state index in [1.807, 2.05) is 0 Å². The quantitative estimate of drug-likeness (QED) is 0.181. The SMILES string of the molecule is CN[C@@H]1[C@H](O)[C@H](NC)[C@H]2O[C@]3(O)[C@@H](O[C@H](C)C[C@H]3NC(=O)Cc3cc4cccc(OP(=O)(O)O)c4cn3)O[C@]2(C)[C@H]1OC. The highest BCUT2D eigenvalue weighted by Gasteiger charge is 2.68. The fraction of sp³-hybridized carbons (Fsp3) is 0.630. The molecule has 10 atom stereocenters. The highest BCUT2D eigenvalue weighted by atomic mass is 31.2. The van der Waals surface area contributed by atoms with E-state index in [1.54, 1.807) is 46.1 Å². The van der Waals surface area contributed by atoms with Crippen molar-refractivity contribution in [3.63, 3.8) is 0 Å². The number of ether oxygens (including phenoxy) is 4. The van der Waals surface area contributed by atoms with Gasteiger partial charge in [0.1, 0.15) is 23.6 Å². The lowest BCUT2D eigenvalue weighted by Gasteiger charge is -2.62. The van der Waals surface area contributed by atoms with Crippen molar-refractivity contribution in [1.82, 2.24) is 20.9 Å². The van der Waals surface area contributed by atoms with E-state index in [1.165, 1.54) is 19.4 Å². The number of hydrogen-bond donors (Lipinski definition) is 7. The van der Waals surface area contributed by atoms with E-state index in [2.05, 4.69) is 20.9 Å². The molecule has 0 radical (unpaired) electrons. The van der Waals surface area contributed by atoms with Crippen LogP contribution >= 0.6 is 7.82 Å². The van der Waals surface area contributed by atoms with E-state index < -0.39 is 73.9 Å². The van der Waals surface area contributed by atoms with E-state index in [4.69, 9.17) is 23.5 Å². The number of phosphoric acid groups is 1. The molecule has 2 aliphatic heterocycles. The van der Waals surface area contributed by atoms with E-state index in [0.717, 1.165) is 0 Å². The van der Waals surface area contributed by atoms with E-state index in [0.29, 0.717) is 16.5 Å². The predicted molar refractivity (Wildman–Crippen MR) is 151 cm³/mol. The normalized spacial score (nSPS) is 37.8. The molecule has 2 saturated heterocycles. The Kier molecular flexibility index (Phi) is 8.90. The number of amides is 1. The van der Waals surface area contributed by atoms with Crippen molar-refractivity contribution in [2.24, 2.45) is 0 Å². The third-order valence-corrected chi connectivity index (χ3v) is 8.99. The van der Waals surface area contributed by atoms with Gasteiger partial charge in [0.05, 0.1) is 42.4 Å². The third-order valence-electron chi connectivity index (χ3n) is 8.55. The maximum absolute atomic E-state index is 13.3. The zero-order valence-electron chi connectivity index (χ0n) is 24.5. The Balaban J connectivity index is 1.37. The van der Waals surface area contributed by atoms with Crippen LogP contribution in [0.3, 0.4) is 0 Å². The summed E-state index contributed by atoms with van der Waals surface area (Å²) in [7, 11) is 0.107. The van der Waals surface area contributed by atoms with Crippen LogP contribution in [0.15, 0.2) is 30.5 Å². The Labute approximate surface area is 248 Å². The summed E-state index contributed by atoms with van der Waals surface area (Å²) in [6.45, 7) is 3.58. The van der Waals surface area contributed by atoms with Gasteiger partial charge in [0.15, 0.2) is 0 Å². The molecule has 3 heterocycles. The lowest BCUT2D eigenvalue weighted by Crippen LogP contribution is -2.83. The van der Waals surface area contributed by atoms with Crippen LogP contribution in [0, 0.1) is 0 Å². The second-order valence-electron chi connectivity index (χ2n) is 11.4. The van der Waals surface area contributed by atoms with Gasteiger partial charge in [-0.05, 0) is 51.9 Å². The Hall–Kier alpha value is -2.27. The van der Waals surface area contributed by atoms with Gasteiger partial charge in [-0.15, -0.1) is 0 Å². The van der Waals surface area contributed by atoms with Crippen LogP contribution in [0.4, 0.5) is 0 Å². The first-order chi connectivity index (χ1) is 20.2. The molecule has 1 aromatic heterocycles. The number of rotatable bonds is 8. The molecule has 15 nitrogen and oxygen atoms in total. The molecule has 1 amide bonds. The molecule has 1 saturated carbocycles. The zero-order valence-corrected chi connectivity index (χ0v) is 25.4.